The van der Waals surface area contributed by atoms with Gasteiger partial charge in [-0.3, -0.25) is 10.8 Å². The first-order chi connectivity index (χ1) is 18.6. The van der Waals surface area contributed by atoms with Gasteiger partial charge in [0.15, 0.2) is 0 Å². The van der Waals surface area contributed by atoms with Gasteiger partial charge in [0.25, 0.3) is 0 Å². The molecule has 0 aromatic heterocycles. The van der Waals surface area contributed by atoms with E-state index in [1.54, 1.807) is 12.2 Å². The van der Waals surface area contributed by atoms with E-state index >= 15 is 0 Å². The standard InChI is InChI=1S/C30H42N6O2.ClH/c1-3-15-33-29(31)25-7-11-27(12-8-25)37-23-5-17-35-19-21-36(22-20-35)18-6-24-38-28-13-9-26(10-14-28)30(32)34-16-4-2;/h3-4,7-14H,1-2,5-6,15-24H2,(H2,31,33)(H2,32,34);1H. The zero-order chi connectivity index (χ0) is 27.0. The van der Waals surface area contributed by atoms with Crippen LogP contribution in [0.5, 0.6) is 11.5 Å². The van der Waals surface area contributed by atoms with Gasteiger partial charge in [-0.2, -0.15) is 0 Å². The van der Waals surface area contributed by atoms with Crippen LogP contribution in [0.25, 0.3) is 0 Å². The number of amidine groups is 2. The molecule has 1 heterocycles. The Morgan fingerprint density at radius 1 is 0.692 bits per heavy atom. The van der Waals surface area contributed by atoms with Crippen LogP contribution in [-0.4, -0.2) is 87.0 Å². The quantitative estimate of drug-likeness (QED) is 0.108. The van der Waals surface area contributed by atoms with Gasteiger partial charge in [-0.25, -0.2) is 0 Å². The second kappa shape index (κ2) is 18.0. The summed E-state index contributed by atoms with van der Waals surface area (Å²) in [4.78, 5) is 5.02. The smallest absolute Gasteiger partial charge is 0.125 e. The van der Waals surface area contributed by atoms with Crippen LogP contribution < -0.4 is 20.1 Å². The van der Waals surface area contributed by atoms with Crippen molar-refractivity contribution >= 4 is 24.1 Å². The fourth-order valence-electron chi connectivity index (χ4n) is 4.18. The summed E-state index contributed by atoms with van der Waals surface area (Å²) in [7, 11) is 0. The molecule has 0 amide bonds. The van der Waals surface area contributed by atoms with E-state index in [2.05, 4.69) is 33.6 Å². The number of hydrogen-bond donors (Lipinski definition) is 4. The van der Waals surface area contributed by atoms with Crippen LogP contribution in [0.15, 0.2) is 73.8 Å². The molecule has 9 heteroatoms. The van der Waals surface area contributed by atoms with Crippen LogP contribution in [0.1, 0.15) is 24.0 Å². The molecule has 1 aliphatic rings. The minimum absolute atomic E-state index is 0. The van der Waals surface area contributed by atoms with Crippen molar-refractivity contribution in [3.8, 4) is 11.5 Å². The lowest BCUT2D eigenvalue weighted by molar-refractivity contribution is 0.120. The summed E-state index contributed by atoms with van der Waals surface area (Å²) in [6, 6.07) is 15.3. The molecular weight excluding hydrogens is 512 g/mol. The first-order valence-corrected chi connectivity index (χ1v) is 13.4. The molecule has 1 fully saturated rings. The second-order valence-corrected chi connectivity index (χ2v) is 9.23. The molecule has 2 aromatic rings. The highest BCUT2D eigenvalue weighted by Gasteiger charge is 2.16. The van der Waals surface area contributed by atoms with Gasteiger partial charge in [0, 0.05) is 63.5 Å². The lowest BCUT2D eigenvalue weighted by atomic mass is 10.2. The lowest BCUT2D eigenvalue weighted by Gasteiger charge is -2.34. The van der Waals surface area contributed by atoms with Gasteiger partial charge in [-0.1, -0.05) is 12.2 Å². The number of benzene rings is 2. The van der Waals surface area contributed by atoms with Crippen molar-refractivity contribution in [1.29, 1.82) is 10.8 Å². The number of hydrogen-bond acceptors (Lipinski definition) is 6. The van der Waals surface area contributed by atoms with Crippen LogP contribution in [0, 0.1) is 10.8 Å². The molecule has 3 rings (SSSR count). The summed E-state index contributed by atoms with van der Waals surface area (Å²) in [6.45, 7) is 16.3. The van der Waals surface area contributed by atoms with Crippen LogP contribution in [0.3, 0.4) is 0 Å². The normalized spacial score (nSPS) is 13.5. The highest BCUT2D eigenvalue weighted by molar-refractivity contribution is 5.97. The molecule has 0 unspecified atom stereocenters. The molecule has 4 N–H and O–H groups in total. The fourth-order valence-corrected chi connectivity index (χ4v) is 4.18. The Kier molecular flexibility index (Phi) is 14.8. The van der Waals surface area contributed by atoms with Crippen molar-refractivity contribution in [2.24, 2.45) is 0 Å². The summed E-state index contributed by atoms with van der Waals surface area (Å²) < 4.78 is 11.8. The third-order valence-electron chi connectivity index (χ3n) is 6.37. The summed E-state index contributed by atoms with van der Waals surface area (Å²) in [5.74, 6) is 2.47. The zero-order valence-electron chi connectivity index (χ0n) is 22.8. The van der Waals surface area contributed by atoms with Gasteiger partial charge >= 0.3 is 0 Å². The Labute approximate surface area is 239 Å². The average molecular weight is 555 g/mol. The van der Waals surface area contributed by atoms with Crippen LogP contribution >= 0.6 is 12.4 Å². The van der Waals surface area contributed by atoms with E-state index in [-0.39, 0.29) is 12.4 Å². The maximum Gasteiger partial charge on any atom is 0.125 e. The van der Waals surface area contributed by atoms with Crippen molar-refractivity contribution in [2.45, 2.75) is 12.8 Å². The second-order valence-electron chi connectivity index (χ2n) is 9.23. The van der Waals surface area contributed by atoms with Crippen molar-refractivity contribution in [2.75, 3.05) is 65.6 Å². The Hall–Kier alpha value is -3.33. The Morgan fingerprint density at radius 2 is 1.05 bits per heavy atom. The van der Waals surface area contributed by atoms with Crippen molar-refractivity contribution in [1.82, 2.24) is 20.4 Å². The van der Waals surface area contributed by atoms with Crippen LogP contribution in [0.2, 0.25) is 0 Å². The maximum absolute atomic E-state index is 7.99. The van der Waals surface area contributed by atoms with E-state index in [4.69, 9.17) is 20.3 Å². The van der Waals surface area contributed by atoms with E-state index < -0.39 is 0 Å². The molecule has 8 nitrogen and oxygen atoms in total. The fraction of sp³-hybridized carbons (Fsp3) is 0.400. The molecule has 0 saturated carbocycles. The first kappa shape index (κ1) is 31.9. The minimum atomic E-state index is 0. The molecular formula is C30H43ClN6O2. The minimum Gasteiger partial charge on any atom is -0.494 e. The topological polar surface area (TPSA) is 96.7 Å². The SMILES string of the molecule is C=CCNC(=N)c1ccc(OCCCN2CCN(CCCOc3ccc(C(=N)NCC=C)cc3)CC2)cc1.Cl. The first-order valence-electron chi connectivity index (χ1n) is 13.4. The third-order valence-corrected chi connectivity index (χ3v) is 6.37. The molecule has 2 aromatic carbocycles. The summed E-state index contributed by atoms with van der Waals surface area (Å²) in [6.07, 6.45) is 5.47. The van der Waals surface area contributed by atoms with Crippen molar-refractivity contribution < 1.29 is 9.47 Å². The number of nitrogens with one attached hydrogen (secondary N) is 4. The summed E-state index contributed by atoms with van der Waals surface area (Å²) >= 11 is 0. The summed E-state index contributed by atoms with van der Waals surface area (Å²) in [5.41, 5.74) is 1.68. The predicted molar refractivity (Wildman–Crippen MR) is 163 cm³/mol. The van der Waals surface area contributed by atoms with Gasteiger partial charge in [-0.15, -0.1) is 25.6 Å². The van der Waals surface area contributed by atoms with Gasteiger partial charge in [-0.05, 0) is 61.4 Å². The number of rotatable bonds is 16. The average Bonchev–Trinajstić information content (AvgIpc) is 2.96. The number of ether oxygens (including phenoxy) is 2. The van der Waals surface area contributed by atoms with E-state index in [0.717, 1.165) is 74.7 Å². The molecule has 0 aliphatic carbocycles. The molecule has 1 aliphatic heterocycles. The van der Waals surface area contributed by atoms with Crippen molar-refractivity contribution in [3.05, 3.63) is 85.0 Å². The van der Waals surface area contributed by atoms with E-state index in [0.29, 0.717) is 38.0 Å². The van der Waals surface area contributed by atoms with Gasteiger partial charge in [0.05, 0.1) is 13.2 Å². The molecule has 0 radical (unpaired) electrons. The highest BCUT2D eigenvalue weighted by atomic mass is 35.5. The summed E-state index contributed by atoms with van der Waals surface area (Å²) in [5, 5.41) is 22.0. The van der Waals surface area contributed by atoms with Gasteiger partial charge in [0.2, 0.25) is 0 Å². The third kappa shape index (κ3) is 11.5. The Morgan fingerprint density at radius 3 is 1.38 bits per heavy atom. The largest absolute Gasteiger partial charge is 0.494 e. The number of piperazine rings is 1. The molecule has 0 spiro atoms. The van der Waals surface area contributed by atoms with Crippen LogP contribution in [0.4, 0.5) is 0 Å². The van der Waals surface area contributed by atoms with E-state index in [1.807, 2.05) is 48.5 Å². The highest BCUT2D eigenvalue weighted by Crippen LogP contribution is 2.14. The van der Waals surface area contributed by atoms with Gasteiger partial charge in [0.1, 0.15) is 23.2 Å². The Bertz CT molecular complexity index is 937. The maximum atomic E-state index is 7.99. The van der Waals surface area contributed by atoms with E-state index in [1.165, 1.54) is 0 Å². The number of halogens is 1. The van der Waals surface area contributed by atoms with Crippen molar-refractivity contribution in [3.63, 3.8) is 0 Å². The molecule has 212 valence electrons. The molecule has 1 saturated heterocycles. The Balaban J connectivity index is 0.00000533. The van der Waals surface area contributed by atoms with E-state index in [9.17, 15) is 0 Å². The monoisotopic (exact) mass is 554 g/mol. The number of nitrogens with zero attached hydrogens (tertiary/aromatic N) is 2. The predicted octanol–water partition coefficient (Wildman–Crippen LogP) is 4.17. The molecule has 39 heavy (non-hydrogen) atoms. The lowest BCUT2D eigenvalue weighted by Crippen LogP contribution is -2.47. The molecule has 0 atom stereocenters. The zero-order valence-corrected chi connectivity index (χ0v) is 23.6. The van der Waals surface area contributed by atoms with Crippen LogP contribution in [-0.2, 0) is 0 Å². The van der Waals surface area contributed by atoms with Gasteiger partial charge < -0.3 is 29.9 Å². The molecule has 0 bridgehead atoms.